The van der Waals surface area contributed by atoms with Crippen LogP contribution in [0, 0.1) is 11.6 Å². The van der Waals surface area contributed by atoms with Crippen LogP contribution < -0.4 is 10.5 Å². The summed E-state index contributed by atoms with van der Waals surface area (Å²) in [7, 11) is 0. The van der Waals surface area contributed by atoms with E-state index in [4.69, 9.17) is 10.5 Å². The minimum Gasteiger partial charge on any atom is -0.485 e. The summed E-state index contributed by atoms with van der Waals surface area (Å²) < 4.78 is 32.1. The largest absolute Gasteiger partial charge is 0.485 e. The molecule has 2 nitrogen and oxygen atoms in total. The van der Waals surface area contributed by atoms with Crippen LogP contribution in [0.5, 0.6) is 5.75 Å². The van der Waals surface area contributed by atoms with Gasteiger partial charge in [0.2, 0.25) is 0 Å². The molecule has 2 N–H and O–H groups in total. The third-order valence-electron chi connectivity index (χ3n) is 1.97. The SMILES string of the molecule is CC(N)Cc1cc(F)c(OC(C)C)c(F)c1. The van der Waals surface area contributed by atoms with Crippen molar-refractivity contribution in [2.45, 2.75) is 39.3 Å². The minimum absolute atomic E-state index is 0.129. The van der Waals surface area contributed by atoms with Crippen LogP contribution in [0.1, 0.15) is 26.3 Å². The lowest BCUT2D eigenvalue weighted by Crippen LogP contribution is -2.18. The van der Waals surface area contributed by atoms with Gasteiger partial charge < -0.3 is 10.5 Å². The highest BCUT2D eigenvalue weighted by molar-refractivity contribution is 5.31. The molecule has 0 aliphatic rings. The van der Waals surface area contributed by atoms with Crippen LogP contribution in [0.25, 0.3) is 0 Å². The predicted molar refractivity (Wildman–Crippen MR) is 59.5 cm³/mol. The van der Waals surface area contributed by atoms with E-state index >= 15 is 0 Å². The Bertz CT molecular complexity index is 341. The molecule has 16 heavy (non-hydrogen) atoms. The Morgan fingerprint density at radius 3 is 2.06 bits per heavy atom. The van der Waals surface area contributed by atoms with Crippen molar-refractivity contribution in [2.24, 2.45) is 5.73 Å². The fraction of sp³-hybridized carbons (Fsp3) is 0.500. The highest BCUT2D eigenvalue weighted by atomic mass is 19.1. The van der Waals surface area contributed by atoms with E-state index in [0.717, 1.165) is 0 Å². The molecule has 4 heteroatoms. The molecular weight excluding hydrogens is 212 g/mol. The first-order valence-electron chi connectivity index (χ1n) is 5.30. The van der Waals surface area contributed by atoms with Crippen LogP contribution in [0.3, 0.4) is 0 Å². The van der Waals surface area contributed by atoms with Crippen LogP contribution in [0.4, 0.5) is 8.78 Å². The van der Waals surface area contributed by atoms with Crippen molar-refractivity contribution < 1.29 is 13.5 Å². The van der Waals surface area contributed by atoms with Gasteiger partial charge in [0.25, 0.3) is 0 Å². The second-order valence-corrected chi connectivity index (χ2v) is 4.24. The molecule has 0 amide bonds. The van der Waals surface area contributed by atoms with E-state index in [9.17, 15) is 8.78 Å². The van der Waals surface area contributed by atoms with Crippen LogP contribution in [-0.4, -0.2) is 12.1 Å². The van der Waals surface area contributed by atoms with E-state index in [1.165, 1.54) is 12.1 Å². The van der Waals surface area contributed by atoms with Crippen molar-refractivity contribution in [3.8, 4) is 5.75 Å². The van der Waals surface area contributed by atoms with E-state index in [-0.39, 0.29) is 17.9 Å². The maximum absolute atomic E-state index is 13.5. The number of benzene rings is 1. The quantitative estimate of drug-likeness (QED) is 0.861. The Hall–Kier alpha value is -1.16. The van der Waals surface area contributed by atoms with Gasteiger partial charge in [-0.2, -0.15) is 0 Å². The monoisotopic (exact) mass is 229 g/mol. The molecule has 0 saturated heterocycles. The normalized spacial score (nSPS) is 12.9. The molecule has 0 bridgehead atoms. The van der Waals surface area contributed by atoms with Gasteiger partial charge in [-0.25, -0.2) is 8.78 Å². The lowest BCUT2D eigenvalue weighted by Gasteiger charge is -2.13. The van der Waals surface area contributed by atoms with E-state index < -0.39 is 11.6 Å². The van der Waals surface area contributed by atoms with E-state index in [1.807, 2.05) is 0 Å². The molecule has 1 aromatic carbocycles. The molecule has 0 spiro atoms. The van der Waals surface area contributed by atoms with Crippen molar-refractivity contribution in [3.63, 3.8) is 0 Å². The number of halogens is 2. The van der Waals surface area contributed by atoms with E-state index in [0.29, 0.717) is 12.0 Å². The first-order valence-corrected chi connectivity index (χ1v) is 5.30. The van der Waals surface area contributed by atoms with Gasteiger partial charge >= 0.3 is 0 Å². The van der Waals surface area contributed by atoms with Gasteiger partial charge in [-0.3, -0.25) is 0 Å². The lowest BCUT2D eigenvalue weighted by molar-refractivity contribution is 0.219. The number of nitrogens with two attached hydrogens (primary N) is 1. The molecule has 0 saturated carbocycles. The average molecular weight is 229 g/mol. The van der Waals surface area contributed by atoms with Crippen LogP contribution in [0.2, 0.25) is 0 Å². The van der Waals surface area contributed by atoms with Crippen molar-refractivity contribution >= 4 is 0 Å². The Balaban J connectivity index is 2.98. The summed E-state index contributed by atoms with van der Waals surface area (Å²) in [5, 5.41) is 0. The fourth-order valence-corrected chi connectivity index (χ4v) is 1.45. The molecule has 1 atom stereocenters. The first kappa shape index (κ1) is 12.9. The van der Waals surface area contributed by atoms with Crippen LogP contribution in [-0.2, 0) is 6.42 Å². The highest BCUT2D eigenvalue weighted by Crippen LogP contribution is 2.24. The van der Waals surface area contributed by atoms with Crippen molar-refractivity contribution in [1.82, 2.24) is 0 Å². The third-order valence-corrected chi connectivity index (χ3v) is 1.97. The lowest BCUT2D eigenvalue weighted by atomic mass is 10.1. The van der Waals surface area contributed by atoms with E-state index in [2.05, 4.69) is 0 Å². The Morgan fingerprint density at radius 2 is 1.69 bits per heavy atom. The molecule has 0 aliphatic heterocycles. The van der Waals surface area contributed by atoms with Crippen molar-refractivity contribution in [2.75, 3.05) is 0 Å². The average Bonchev–Trinajstić information content (AvgIpc) is 2.10. The van der Waals surface area contributed by atoms with Gasteiger partial charge in [0, 0.05) is 6.04 Å². The number of hydrogen-bond donors (Lipinski definition) is 1. The number of rotatable bonds is 4. The van der Waals surface area contributed by atoms with E-state index in [1.54, 1.807) is 20.8 Å². The third kappa shape index (κ3) is 3.45. The second-order valence-electron chi connectivity index (χ2n) is 4.24. The van der Waals surface area contributed by atoms with Crippen LogP contribution >= 0.6 is 0 Å². The Kier molecular flexibility index (Phi) is 4.24. The molecule has 0 aromatic heterocycles. The predicted octanol–water partition coefficient (Wildman–Crippen LogP) is 2.64. The molecule has 0 aliphatic carbocycles. The zero-order valence-corrected chi connectivity index (χ0v) is 9.76. The summed E-state index contributed by atoms with van der Waals surface area (Å²) in [4.78, 5) is 0. The van der Waals surface area contributed by atoms with Gasteiger partial charge in [0.15, 0.2) is 17.4 Å². The Morgan fingerprint density at radius 1 is 1.19 bits per heavy atom. The second kappa shape index (κ2) is 5.25. The zero-order valence-electron chi connectivity index (χ0n) is 9.76. The maximum Gasteiger partial charge on any atom is 0.191 e. The maximum atomic E-state index is 13.5. The summed E-state index contributed by atoms with van der Waals surface area (Å²) in [6, 6.07) is 2.41. The van der Waals surface area contributed by atoms with Crippen molar-refractivity contribution in [1.29, 1.82) is 0 Å². The number of hydrogen-bond acceptors (Lipinski definition) is 2. The van der Waals surface area contributed by atoms with Gasteiger partial charge in [-0.05, 0) is 44.9 Å². The summed E-state index contributed by atoms with van der Waals surface area (Å²) in [5.41, 5.74) is 6.11. The number of ether oxygens (including phenoxy) is 1. The van der Waals surface area contributed by atoms with Gasteiger partial charge in [-0.15, -0.1) is 0 Å². The molecule has 0 radical (unpaired) electrons. The smallest absolute Gasteiger partial charge is 0.191 e. The standard InChI is InChI=1S/C12H17F2NO/c1-7(2)16-12-10(13)5-9(4-8(3)15)6-11(12)14/h5-8H,4,15H2,1-3H3. The minimum atomic E-state index is -0.677. The zero-order chi connectivity index (χ0) is 12.3. The fourth-order valence-electron chi connectivity index (χ4n) is 1.45. The molecular formula is C12H17F2NO. The van der Waals surface area contributed by atoms with Crippen LogP contribution in [0.15, 0.2) is 12.1 Å². The first-order chi connectivity index (χ1) is 7.40. The summed E-state index contributed by atoms with van der Waals surface area (Å²) in [5.74, 6) is -1.67. The molecule has 0 fully saturated rings. The summed E-state index contributed by atoms with van der Waals surface area (Å²) in [6.45, 7) is 5.22. The molecule has 90 valence electrons. The van der Waals surface area contributed by atoms with Gasteiger partial charge in [0.1, 0.15) is 0 Å². The molecule has 1 unspecified atom stereocenters. The molecule has 0 heterocycles. The summed E-state index contributed by atoms with van der Waals surface area (Å²) >= 11 is 0. The molecule has 1 aromatic rings. The summed E-state index contributed by atoms with van der Waals surface area (Å²) in [6.07, 6.45) is 0.179. The Labute approximate surface area is 94.4 Å². The van der Waals surface area contributed by atoms with Gasteiger partial charge in [-0.1, -0.05) is 0 Å². The van der Waals surface area contributed by atoms with Crippen molar-refractivity contribution in [3.05, 3.63) is 29.3 Å². The highest BCUT2D eigenvalue weighted by Gasteiger charge is 2.14. The topological polar surface area (TPSA) is 35.2 Å². The molecule has 1 rings (SSSR count). The van der Waals surface area contributed by atoms with Gasteiger partial charge in [0.05, 0.1) is 6.10 Å².